The Morgan fingerprint density at radius 3 is 2.67 bits per heavy atom. The summed E-state index contributed by atoms with van der Waals surface area (Å²) in [7, 11) is 3.61. The Morgan fingerprint density at radius 2 is 2.11 bits per heavy atom. The molecule has 0 saturated heterocycles. The molecule has 0 amide bonds. The fraction of sp³-hybridized carbons (Fsp3) is 0.571. The van der Waals surface area contributed by atoms with Gasteiger partial charge in [0.15, 0.2) is 0 Å². The van der Waals surface area contributed by atoms with Crippen LogP contribution in [0, 0.1) is 0 Å². The molecule has 0 aliphatic rings. The standard InChI is InChI=1S/C14H23NO3/c1-5-18-9-8-15(3)11(2)13-7-6-12(17-4)10-14(13)16/h6-7,10-11,16H,5,8-9H2,1-4H3. The predicted octanol–water partition coefficient (Wildman–Crippen LogP) is 2.43. The van der Waals surface area contributed by atoms with Gasteiger partial charge < -0.3 is 14.6 Å². The van der Waals surface area contributed by atoms with E-state index in [1.54, 1.807) is 13.2 Å². The Morgan fingerprint density at radius 1 is 1.39 bits per heavy atom. The van der Waals surface area contributed by atoms with Gasteiger partial charge in [-0.05, 0) is 27.0 Å². The van der Waals surface area contributed by atoms with Crippen molar-refractivity contribution in [3.63, 3.8) is 0 Å². The van der Waals surface area contributed by atoms with Gasteiger partial charge in [-0.1, -0.05) is 6.07 Å². The molecule has 1 rings (SSSR count). The van der Waals surface area contributed by atoms with Crippen LogP contribution in [0.4, 0.5) is 0 Å². The van der Waals surface area contributed by atoms with Gasteiger partial charge in [-0.2, -0.15) is 0 Å². The monoisotopic (exact) mass is 253 g/mol. The third-order valence-corrected chi connectivity index (χ3v) is 3.14. The third kappa shape index (κ3) is 3.89. The first kappa shape index (κ1) is 14.8. The number of rotatable bonds is 7. The molecule has 1 aromatic rings. The SMILES string of the molecule is CCOCCN(C)C(C)c1ccc(OC)cc1O. The molecular weight excluding hydrogens is 230 g/mol. The maximum absolute atomic E-state index is 9.98. The maximum atomic E-state index is 9.98. The van der Waals surface area contributed by atoms with E-state index in [9.17, 15) is 5.11 Å². The van der Waals surface area contributed by atoms with Crippen LogP contribution in [0.3, 0.4) is 0 Å². The Bertz CT molecular complexity index is 368. The van der Waals surface area contributed by atoms with Crippen LogP contribution in [-0.4, -0.2) is 43.9 Å². The first-order chi connectivity index (χ1) is 8.60. The molecule has 0 aliphatic heterocycles. The minimum atomic E-state index is 0.136. The second kappa shape index (κ2) is 7.24. The van der Waals surface area contributed by atoms with Crippen molar-refractivity contribution in [2.45, 2.75) is 19.9 Å². The van der Waals surface area contributed by atoms with E-state index in [1.165, 1.54) is 0 Å². The van der Waals surface area contributed by atoms with Crippen molar-refractivity contribution in [3.05, 3.63) is 23.8 Å². The first-order valence-electron chi connectivity index (χ1n) is 6.25. The normalized spacial score (nSPS) is 12.7. The van der Waals surface area contributed by atoms with Crippen LogP contribution in [0.5, 0.6) is 11.5 Å². The molecule has 18 heavy (non-hydrogen) atoms. The van der Waals surface area contributed by atoms with Crippen molar-refractivity contribution in [2.75, 3.05) is 33.9 Å². The number of phenolic OH excluding ortho intramolecular Hbond substituents is 1. The lowest BCUT2D eigenvalue weighted by atomic mass is 10.1. The molecule has 0 bridgehead atoms. The lowest BCUT2D eigenvalue weighted by molar-refractivity contribution is 0.110. The van der Waals surface area contributed by atoms with Crippen molar-refractivity contribution in [1.29, 1.82) is 0 Å². The van der Waals surface area contributed by atoms with Crippen LogP contribution >= 0.6 is 0 Å². The molecule has 1 atom stereocenters. The number of benzene rings is 1. The van der Waals surface area contributed by atoms with Crippen LogP contribution < -0.4 is 4.74 Å². The summed E-state index contributed by atoms with van der Waals surface area (Å²) in [6, 6.07) is 5.54. The fourth-order valence-corrected chi connectivity index (χ4v) is 1.79. The molecular formula is C14H23NO3. The molecule has 0 heterocycles. The van der Waals surface area contributed by atoms with E-state index in [2.05, 4.69) is 11.8 Å². The molecule has 0 saturated carbocycles. The average molecular weight is 253 g/mol. The van der Waals surface area contributed by atoms with Crippen LogP contribution in [0.2, 0.25) is 0 Å². The number of methoxy groups -OCH3 is 1. The highest BCUT2D eigenvalue weighted by Gasteiger charge is 2.15. The van der Waals surface area contributed by atoms with Gasteiger partial charge in [0.1, 0.15) is 11.5 Å². The summed E-state index contributed by atoms with van der Waals surface area (Å²) in [6.07, 6.45) is 0. The van der Waals surface area contributed by atoms with Crippen molar-refractivity contribution in [3.8, 4) is 11.5 Å². The summed E-state index contributed by atoms with van der Waals surface area (Å²) in [5, 5.41) is 9.98. The largest absolute Gasteiger partial charge is 0.507 e. The molecule has 1 aromatic carbocycles. The molecule has 1 N–H and O–H groups in total. The molecule has 102 valence electrons. The molecule has 0 aromatic heterocycles. The second-order valence-corrected chi connectivity index (χ2v) is 4.28. The second-order valence-electron chi connectivity index (χ2n) is 4.28. The number of aromatic hydroxyl groups is 1. The highest BCUT2D eigenvalue weighted by molar-refractivity contribution is 5.41. The Labute approximate surface area is 109 Å². The van der Waals surface area contributed by atoms with Crippen molar-refractivity contribution < 1.29 is 14.6 Å². The zero-order chi connectivity index (χ0) is 13.5. The summed E-state index contributed by atoms with van der Waals surface area (Å²) in [4.78, 5) is 2.15. The lowest BCUT2D eigenvalue weighted by Crippen LogP contribution is -2.26. The Hall–Kier alpha value is -1.26. The zero-order valence-electron chi connectivity index (χ0n) is 11.6. The number of nitrogens with zero attached hydrogens (tertiary/aromatic N) is 1. The van der Waals surface area contributed by atoms with Gasteiger partial charge in [0.05, 0.1) is 13.7 Å². The lowest BCUT2D eigenvalue weighted by Gasteiger charge is -2.25. The molecule has 4 nitrogen and oxygen atoms in total. The molecule has 1 unspecified atom stereocenters. The highest BCUT2D eigenvalue weighted by atomic mass is 16.5. The summed E-state index contributed by atoms with van der Waals surface area (Å²) in [5.74, 6) is 0.936. The van der Waals surface area contributed by atoms with E-state index in [1.807, 2.05) is 26.1 Å². The molecule has 4 heteroatoms. The molecule has 0 aliphatic carbocycles. The topological polar surface area (TPSA) is 41.9 Å². The maximum Gasteiger partial charge on any atom is 0.124 e. The fourth-order valence-electron chi connectivity index (χ4n) is 1.79. The van der Waals surface area contributed by atoms with E-state index in [0.717, 1.165) is 18.7 Å². The summed E-state index contributed by atoms with van der Waals surface area (Å²) in [5.41, 5.74) is 0.898. The van der Waals surface area contributed by atoms with Gasteiger partial charge in [-0.3, -0.25) is 4.90 Å². The smallest absolute Gasteiger partial charge is 0.124 e. The molecule has 0 spiro atoms. The number of hydrogen-bond donors (Lipinski definition) is 1. The number of ether oxygens (including phenoxy) is 2. The van der Waals surface area contributed by atoms with E-state index < -0.39 is 0 Å². The van der Waals surface area contributed by atoms with Gasteiger partial charge in [-0.15, -0.1) is 0 Å². The van der Waals surface area contributed by atoms with E-state index >= 15 is 0 Å². The van der Waals surface area contributed by atoms with Gasteiger partial charge in [0.25, 0.3) is 0 Å². The summed E-state index contributed by atoms with van der Waals surface area (Å²) >= 11 is 0. The van der Waals surface area contributed by atoms with E-state index in [-0.39, 0.29) is 11.8 Å². The molecule has 0 fully saturated rings. The van der Waals surface area contributed by atoms with Gasteiger partial charge >= 0.3 is 0 Å². The van der Waals surface area contributed by atoms with Crippen LogP contribution in [0.1, 0.15) is 25.5 Å². The minimum Gasteiger partial charge on any atom is -0.507 e. The van der Waals surface area contributed by atoms with Crippen LogP contribution in [0.25, 0.3) is 0 Å². The zero-order valence-corrected chi connectivity index (χ0v) is 11.6. The van der Waals surface area contributed by atoms with Gasteiger partial charge in [0.2, 0.25) is 0 Å². The number of hydrogen-bond acceptors (Lipinski definition) is 4. The Kier molecular flexibility index (Phi) is 5.95. The summed E-state index contributed by atoms with van der Waals surface area (Å²) in [6.45, 7) is 6.32. The minimum absolute atomic E-state index is 0.136. The number of phenols is 1. The van der Waals surface area contributed by atoms with Crippen molar-refractivity contribution in [1.82, 2.24) is 4.90 Å². The van der Waals surface area contributed by atoms with E-state index in [0.29, 0.717) is 12.4 Å². The molecule has 0 radical (unpaired) electrons. The van der Waals surface area contributed by atoms with Crippen molar-refractivity contribution >= 4 is 0 Å². The van der Waals surface area contributed by atoms with Crippen LogP contribution in [-0.2, 0) is 4.74 Å². The number of likely N-dealkylation sites (N-methyl/N-ethyl adjacent to an activating group) is 1. The van der Waals surface area contributed by atoms with Crippen LogP contribution in [0.15, 0.2) is 18.2 Å². The first-order valence-corrected chi connectivity index (χ1v) is 6.25. The third-order valence-electron chi connectivity index (χ3n) is 3.14. The Balaban J connectivity index is 2.67. The van der Waals surface area contributed by atoms with Gasteiger partial charge in [0, 0.05) is 30.8 Å². The quantitative estimate of drug-likeness (QED) is 0.758. The predicted molar refractivity (Wildman–Crippen MR) is 72.2 cm³/mol. The van der Waals surface area contributed by atoms with E-state index in [4.69, 9.17) is 9.47 Å². The summed E-state index contributed by atoms with van der Waals surface area (Å²) < 4.78 is 10.4. The van der Waals surface area contributed by atoms with Crippen molar-refractivity contribution in [2.24, 2.45) is 0 Å². The highest BCUT2D eigenvalue weighted by Crippen LogP contribution is 2.30. The van der Waals surface area contributed by atoms with Gasteiger partial charge in [-0.25, -0.2) is 0 Å². The average Bonchev–Trinajstić information content (AvgIpc) is 2.38.